The highest BCUT2D eigenvalue weighted by Gasteiger charge is 2.22. The molecule has 0 saturated heterocycles. The number of rotatable bonds is 4. The summed E-state index contributed by atoms with van der Waals surface area (Å²) in [5.74, 6) is 0. The molecule has 1 nitrogen and oxygen atoms in total. The monoisotopic (exact) mass is 371 g/mol. The zero-order valence-electron chi connectivity index (χ0n) is 16.0. The number of hydrogen-bond acceptors (Lipinski definition) is 0. The van der Waals surface area contributed by atoms with Crippen LogP contribution in [0.1, 0.15) is 0 Å². The molecule has 0 amide bonds. The predicted molar refractivity (Wildman–Crippen MR) is 123 cm³/mol. The van der Waals surface area contributed by atoms with E-state index in [1.165, 1.54) is 33.4 Å². The van der Waals surface area contributed by atoms with Crippen LogP contribution in [0, 0.1) is 0 Å². The summed E-state index contributed by atoms with van der Waals surface area (Å²) in [5.41, 5.74) is 9.57. The standard InChI is InChI=1S/C28H21N/c1-5-13-21(14-6-1)25-26(22-15-7-2-8-16-22)28(24-19-11-4-12-20-24)29-27(25)23-17-9-3-10-18-23/h1-20,29H. The molecule has 1 heterocycles. The molecule has 0 bridgehead atoms. The first-order valence-electron chi connectivity index (χ1n) is 9.89. The smallest absolute Gasteiger partial charge is 0.0544 e. The lowest BCUT2D eigenvalue weighted by Crippen LogP contribution is -1.85. The minimum atomic E-state index is 1.15. The molecule has 0 aliphatic carbocycles. The van der Waals surface area contributed by atoms with Gasteiger partial charge in [-0.2, -0.15) is 0 Å². The van der Waals surface area contributed by atoms with Crippen molar-refractivity contribution in [2.24, 2.45) is 0 Å². The largest absolute Gasteiger partial charge is 0.353 e. The van der Waals surface area contributed by atoms with Gasteiger partial charge in [-0.25, -0.2) is 0 Å². The summed E-state index contributed by atoms with van der Waals surface area (Å²) in [6.45, 7) is 0. The molecule has 1 heteroatoms. The molecule has 4 aromatic carbocycles. The highest BCUT2D eigenvalue weighted by atomic mass is 14.7. The third-order valence-electron chi connectivity index (χ3n) is 5.25. The fourth-order valence-corrected chi connectivity index (χ4v) is 3.93. The summed E-state index contributed by atoms with van der Waals surface area (Å²) in [6, 6.07) is 42.5. The first-order chi connectivity index (χ1) is 14.4. The maximum atomic E-state index is 3.78. The number of nitrogens with one attached hydrogen (secondary N) is 1. The summed E-state index contributed by atoms with van der Waals surface area (Å²) >= 11 is 0. The molecule has 1 N–H and O–H groups in total. The lowest BCUT2D eigenvalue weighted by molar-refractivity contribution is 1.39. The predicted octanol–water partition coefficient (Wildman–Crippen LogP) is 7.68. The molecule has 0 fully saturated rings. The number of hydrogen-bond donors (Lipinski definition) is 1. The lowest BCUT2D eigenvalue weighted by Gasteiger charge is -2.10. The van der Waals surface area contributed by atoms with Gasteiger partial charge in [0.1, 0.15) is 0 Å². The van der Waals surface area contributed by atoms with E-state index in [1.54, 1.807) is 0 Å². The molecule has 1 aromatic heterocycles. The van der Waals surface area contributed by atoms with Crippen LogP contribution in [-0.4, -0.2) is 4.98 Å². The molecule has 5 aromatic rings. The average molecular weight is 371 g/mol. The number of H-pyrrole nitrogens is 1. The van der Waals surface area contributed by atoms with Crippen molar-refractivity contribution in [1.82, 2.24) is 4.98 Å². The van der Waals surface area contributed by atoms with Crippen LogP contribution >= 0.6 is 0 Å². The van der Waals surface area contributed by atoms with Gasteiger partial charge < -0.3 is 4.98 Å². The zero-order valence-corrected chi connectivity index (χ0v) is 16.0. The third-order valence-corrected chi connectivity index (χ3v) is 5.25. The second-order valence-corrected chi connectivity index (χ2v) is 7.09. The van der Waals surface area contributed by atoms with Gasteiger partial charge in [0.05, 0.1) is 11.4 Å². The second-order valence-electron chi connectivity index (χ2n) is 7.09. The van der Waals surface area contributed by atoms with Crippen molar-refractivity contribution in [1.29, 1.82) is 0 Å². The van der Waals surface area contributed by atoms with Gasteiger partial charge in [0.15, 0.2) is 0 Å². The molecule has 0 aliphatic rings. The first kappa shape index (κ1) is 17.3. The molecule has 0 spiro atoms. The molecule has 0 radical (unpaired) electrons. The molecule has 5 rings (SSSR count). The van der Waals surface area contributed by atoms with E-state index >= 15 is 0 Å². The van der Waals surface area contributed by atoms with Gasteiger partial charge >= 0.3 is 0 Å². The van der Waals surface area contributed by atoms with Crippen molar-refractivity contribution in [3.8, 4) is 44.8 Å². The van der Waals surface area contributed by atoms with Crippen LogP contribution in [0.15, 0.2) is 121 Å². The summed E-state index contributed by atoms with van der Waals surface area (Å²) in [5, 5.41) is 0. The van der Waals surface area contributed by atoms with E-state index in [0.717, 1.165) is 11.4 Å². The van der Waals surface area contributed by atoms with Gasteiger partial charge in [-0.15, -0.1) is 0 Å². The Hall–Kier alpha value is -3.84. The van der Waals surface area contributed by atoms with E-state index in [0.29, 0.717) is 0 Å². The van der Waals surface area contributed by atoms with Crippen molar-refractivity contribution in [2.75, 3.05) is 0 Å². The molecule has 0 saturated carbocycles. The van der Waals surface area contributed by atoms with Crippen molar-refractivity contribution in [3.63, 3.8) is 0 Å². The van der Waals surface area contributed by atoms with Gasteiger partial charge in [-0.05, 0) is 22.3 Å². The maximum absolute atomic E-state index is 3.78. The Bertz CT molecular complexity index is 1110. The number of aromatic nitrogens is 1. The van der Waals surface area contributed by atoms with Gasteiger partial charge in [0.25, 0.3) is 0 Å². The molecule has 0 aliphatic heterocycles. The Morgan fingerprint density at radius 3 is 0.897 bits per heavy atom. The van der Waals surface area contributed by atoms with Crippen LogP contribution in [0.4, 0.5) is 0 Å². The zero-order chi connectivity index (χ0) is 19.5. The van der Waals surface area contributed by atoms with Crippen molar-refractivity contribution >= 4 is 0 Å². The Morgan fingerprint density at radius 2 is 0.586 bits per heavy atom. The fourth-order valence-electron chi connectivity index (χ4n) is 3.93. The molecule has 29 heavy (non-hydrogen) atoms. The van der Waals surface area contributed by atoms with Crippen LogP contribution in [0.3, 0.4) is 0 Å². The topological polar surface area (TPSA) is 15.8 Å². The van der Waals surface area contributed by atoms with Crippen molar-refractivity contribution < 1.29 is 0 Å². The van der Waals surface area contributed by atoms with Gasteiger partial charge in [-0.1, -0.05) is 121 Å². The van der Waals surface area contributed by atoms with Crippen LogP contribution in [-0.2, 0) is 0 Å². The second kappa shape index (κ2) is 7.65. The van der Waals surface area contributed by atoms with Crippen LogP contribution in [0.25, 0.3) is 44.8 Å². The summed E-state index contributed by atoms with van der Waals surface area (Å²) in [4.78, 5) is 3.78. The van der Waals surface area contributed by atoms with Crippen LogP contribution in [0.5, 0.6) is 0 Å². The number of aromatic amines is 1. The van der Waals surface area contributed by atoms with E-state index in [-0.39, 0.29) is 0 Å². The van der Waals surface area contributed by atoms with E-state index in [1.807, 2.05) is 0 Å². The highest BCUT2D eigenvalue weighted by Crippen LogP contribution is 2.45. The van der Waals surface area contributed by atoms with E-state index < -0.39 is 0 Å². The summed E-state index contributed by atoms with van der Waals surface area (Å²) in [7, 11) is 0. The fraction of sp³-hybridized carbons (Fsp3) is 0. The number of benzene rings is 4. The third kappa shape index (κ3) is 3.28. The molecule has 0 unspecified atom stereocenters. The first-order valence-corrected chi connectivity index (χ1v) is 9.89. The minimum absolute atomic E-state index is 1.15. The van der Waals surface area contributed by atoms with E-state index in [4.69, 9.17) is 0 Å². The molecular weight excluding hydrogens is 350 g/mol. The summed E-state index contributed by atoms with van der Waals surface area (Å²) < 4.78 is 0. The normalized spacial score (nSPS) is 10.8. The van der Waals surface area contributed by atoms with Gasteiger partial charge in [0, 0.05) is 11.1 Å². The molecular formula is C28H21N. The maximum Gasteiger partial charge on any atom is 0.0544 e. The van der Waals surface area contributed by atoms with E-state index in [2.05, 4.69) is 126 Å². The average Bonchev–Trinajstić information content (AvgIpc) is 3.22. The lowest BCUT2D eigenvalue weighted by atomic mass is 9.91. The minimum Gasteiger partial charge on any atom is -0.353 e. The Balaban J connectivity index is 1.89. The highest BCUT2D eigenvalue weighted by molar-refractivity contribution is 6.01. The Morgan fingerprint density at radius 1 is 0.310 bits per heavy atom. The Labute approximate surface area is 171 Å². The SMILES string of the molecule is c1ccc(-c2[nH]c(-c3ccccc3)c(-c3ccccc3)c2-c2ccccc2)cc1. The van der Waals surface area contributed by atoms with Crippen molar-refractivity contribution in [3.05, 3.63) is 121 Å². The van der Waals surface area contributed by atoms with Gasteiger partial charge in [0.2, 0.25) is 0 Å². The van der Waals surface area contributed by atoms with Crippen LogP contribution < -0.4 is 0 Å². The quantitative estimate of drug-likeness (QED) is 0.333. The molecule has 0 atom stereocenters. The van der Waals surface area contributed by atoms with Crippen LogP contribution in [0.2, 0.25) is 0 Å². The van der Waals surface area contributed by atoms with Gasteiger partial charge in [-0.3, -0.25) is 0 Å². The van der Waals surface area contributed by atoms with Crippen molar-refractivity contribution in [2.45, 2.75) is 0 Å². The summed E-state index contributed by atoms with van der Waals surface area (Å²) in [6.07, 6.45) is 0. The van der Waals surface area contributed by atoms with E-state index in [9.17, 15) is 0 Å². The molecule has 138 valence electrons. The Kier molecular flexibility index (Phi) is 4.56.